The number of nitrogens with one attached hydrogen (secondary N) is 1. The average Bonchev–Trinajstić information content (AvgIpc) is 3.52. The summed E-state index contributed by atoms with van der Waals surface area (Å²) in [5.74, 6) is 1.06. The van der Waals surface area contributed by atoms with Crippen molar-refractivity contribution in [3.8, 4) is 11.4 Å². The van der Waals surface area contributed by atoms with Crippen LogP contribution in [-0.4, -0.2) is 61.1 Å². The molecule has 32 heavy (non-hydrogen) atoms. The van der Waals surface area contributed by atoms with E-state index in [-0.39, 0.29) is 17.4 Å². The van der Waals surface area contributed by atoms with Crippen molar-refractivity contribution in [2.75, 3.05) is 6.61 Å². The number of likely N-dealkylation sites (tertiary alicyclic amines) is 1. The van der Waals surface area contributed by atoms with Crippen LogP contribution in [0.15, 0.2) is 30.0 Å². The van der Waals surface area contributed by atoms with Crippen LogP contribution in [0.3, 0.4) is 0 Å². The summed E-state index contributed by atoms with van der Waals surface area (Å²) < 4.78 is 7.06. The van der Waals surface area contributed by atoms with E-state index in [1.165, 1.54) is 11.1 Å². The maximum Gasteiger partial charge on any atom is 0.233 e. The summed E-state index contributed by atoms with van der Waals surface area (Å²) in [4.78, 5) is 15.2. The Morgan fingerprint density at radius 2 is 2.16 bits per heavy atom. The zero-order valence-corrected chi connectivity index (χ0v) is 18.2. The smallest absolute Gasteiger partial charge is 0.233 e. The fourth-order valence-electron chi connectivity index (χ4n) is 6.02. The molecule has 4 heterocycles. The highest BCUT2D eigenvalue weighted by Crippen LogP contribution is 2.48. The van der Waals surface area contributed by atoms with E-state index in [2.05, 4.69) is 46.0 Å². The van der Waals surface area contributed by atoms with Crippen LogP contribution in [0.4, 0.5) is 0 Å². The predicted molar refractivity (Wildman–Crippen MR) is 115 cm³/mol. The monoisotopic (exact) mass is 436 g/mol. The molecule has 1 unspecified atom stereocenters. The molecule has 1 saturated heterocycles. The molecule has 168 valence electrons. The minimum Gasteiger partial charge on any atom is -0.365 e. The number of fused-ring (bicyclic) bond motifs is 3. The molecule has 1 saturated carbocycles. The zero-order chi connectivity index (χ0) is 21.9. The van der Waals surface area contributed by atoms with Crippen molar-refractivity contribution in [3.05, 3.63) is 41.1 Å². The Morgan fingerprint density at radius 3 is 2.94 bits per heavy atom. The van der Waals surface area contributed by atoms with Crippen LogP contribution in [0.1, 0.15) is 50.2 Å². The van der Waals surface area contributed by atoms with Crippen LogP contribution in [0.2, 0.25) is 0 Å². The summed E-state index contributed by atoms with van der Waals surface area (Å²) in [6, 6.07) is 7.06. The molecule has 0 radical (unpaired) electrons. The number of aliphatic hydroxyl groups is 1. The molecule has 6 rings (SSSR count). The fraction of sp³-hybridized carbons (Fsp3) is 0.565. The summed E-state index contributed by atoms with van der Waals surface area (Å²) in [5, 5.41) is 25.2. The van der Waals surface area contributed by atoms with Crippen LogP contribution in [-0.2, 0) is 22.6 Å². The summed E-state index contributed by atoms with van der Waals surface area (Å²) in [7, 11) is 0. The Labute approximate surface area is 186 Å². The van der Waals surface area contributed by atoms with Crippen molar-refractivity contribution in [1.82, 2.24) is 30.4 Å². The highest BCUT2D eigenvalue weighted by atomic mass is 16.6. The molecular weight excluding hydrogens is 408 g/mol. The van der Waals surface area contributed by atoms with E-state index in [0.29, 0.717) is 12.6 Å². The first-order chi connectivity index (χ1) is 15.5. The number of ether oxygens (including phenoxy) is 1. The summed E-state index contributed by atoms with van der Waals surface area (Å²) >= 11 is 0. The van der Waals surface area contributed by atoms with Crippen LogP contribution in [0.25, 0.3) is 11.4 Å². The van der Waals surface area contributed by atoms with Gasteiger partial charge in [0.05, 0.1) is 18.6 Å². The van der Waals surface area contributed by atoms with Gasteiger partial charge in [-0.1, -0.05) is 18.2 Å². The second-order valence-corrected chi connectivity index (χ2v) is 9.68. The summed E-state index contributed by atoms with van der Waals surface area (Å²) in [5.41, 5.74) is 4.17. The zero-order valence-electron chi connectivity index (χ0n) is 18.2. The quantitative estimate of drug-likeness (QED) is 0.640. The summed E-state index contributed by atoms with van der Waals surface area (Å²) in [6.07, 6.45) is 5.47. The van der Waals surface area contributed by atoms with Gasteiger partial charge in [-0.15, -0.1) is 5.10 Å². The molecule has 1 aromatic carbocycles. The van der Waals surface area contributed by atoms with Gasteiger partial charge in [0.15, 0.2) is 12.1 Å². The Balaban J connectivity index is 1.06. The minimum absolute atomic E-state index is 0.151. The number of aliphatic hydroxyl groups excluding tert-OH is 1. The normalized spacial score (nSPS) is 31.3. The number of tetrazole rings is 1. The SMILES string of the molecule is C[C@H]1C[C@]2(CC[C@@H](NCc3ccc4c(c3)Cn3nnnc3-4)CC2)C(=O)N1C1=CC(O)OC1. The van der Waals surface area contributed by atoms with E-state index in [1.807, 2.05) is 9.58 Å². The van der Waals surface area contributed by atoms with Gasteiger partial charge in [-0.2, -0.15) is 0 Å². The lowest BCUT2D eigenvalue weighted by molar-refractivity contribution is -0.137. The van der Waals surface area contributed by atoms with Gasteiger partial charge in [-0.3, -0.25) is 4.79 Å². The van der Waals surface area contributed by atoms with Gasteiger partial charge in [0, 0.05) is 29.9 Å². The van der Waals surface area contributed by atoms with E-state index in [9.17, 15) is 9.90 Å². The lowest BCUT2D eigenvalue weighted by Gasteiger charge is -2.36. The number of hydrogen-bond acceptors (Lipinski definition) is 7. The standard InChI is InChI=1S/C23H28N6O3/c1-14-10-23(22(31)29(14)18-9-20(30)32-13-18)6-4-17(5-7-23)24-11-15-2-3-19-16(8-15)12-28-21(19)25-26-27-28/h2-3,8-9,14,17,20,24,30H,4-7,10-13H2,1H3/t14-,17-,20?,23-/m0/s1. The van der Waals surface area contributed by atoms with Crippen LogP contribution in [0.5, 0.6) is 0 Å². The molecule has 1 spiro atoms. The second kappa shape index (κ2) is 7.47. The number of amides is 1. The van der Waals surface area contributed by atoms with Crippen LogP contribution >= 0.6 is 0 Å². The minimum atomic E-state index is -0.894. The van der Waals surface area contributed by atoms with E-state index in [0.717, 1.165) is 62.3 Å². The third-order valence-electron chi connectivity index (χ3n) is 7.65. The molecule has 4 aliphatic rings. The number of nitrogens with zero attached hydrogens (tertiary/aromatic N) is 5. The Morgan fingerprint density at radius 1 is 1.31 bits per heavy atom. The molecule has 1 aromatic heterocycles. The topological polar surface area (TPSA) is 105 Å². The van der Waals surface area contributed by atoms with Crippen molar-refractivity contribution in [2.45, 2.75) is 70.5 Å². The summed E-state index contributed by atoms with van der Waals surface area (Å²) in [6.45, 7) is 3.96. The van der Waals surface area contributed by atoms with Gasteiger partial charge in [0.25, 0.3) is 0 Å². The first kappa shape index (κ1) is 20.0. The van der Waals surface area contributed by atoms with Crippen molar-refractivity contribution in [3.63, 3.8) is 0 Å². The molecule has 2 aromatic rings. The maximum atomic E-state index is 13.4. The molecule has 0 bridgehead atoms. The molecular formula is C23H28N6O3. The average molecular weight is 437 g/mol. The maximum absolute atomic E-state index is 13.4. The van der Waals surface area contributed by atoms with E-state index >= 15 is 0 Å². The number of hydrogen-bond donors (Lipinski definition) is 2. The van der Waals surface area contributed by atoms with Crippen molar-refractivity contribution >= 4 is 5.91 Å². The van der Waals surface area contributed by atoms with E-state index in [1.54, 1.807) is 6.08 Å². The molecule has 3 aliphatic heterocycles. The molecule has 2 N–H and O–H groups in total. The second-order valence-electron chi connectivity index (χ2n) is 9.68. The van der Waals surface area contributed by atoms with Crippen LogP contribution < -0.4 is 5.32 Å². The van der Waals surface area contributed by atoms with Crippen LogP contribution in [0, 0.1) is 5.41 Å². The Hall–Kier alpha value is -2.62. The predicted octanol–water partition coefficient (Wildman–Crippen LogP) is 1.57. The highest BCUT2D eigenvalue weighted by Gasteiger charge is 2.52. The lowest BCUT2D eigenvalue weighted by atomic mass is 9.70. The highest BCUT2D eigenvalue weighted by molar-refractivity contribution is 5.87. The Kier molecular flexibility index (Phi) is 4.67. The van der Waals surface area contributed by atoms with Crippen molar-refractivity contribution in [1.29, 1.82) is 0 Å². The van der Waals surface area contributed by atoms with Gasteiger partial charge in [-0.25, -0.2) is 4.68 Å². The van der Waals surface area contributed by atoms with E-state index < -0.39 is 6.29 Å². The number of carbonyl (C=O) groups excluding carboxylic acids is 1. The Bertz CT molecular complexity index is 1090. The largest absolute Gasteiger partial charge is 0.365 e. The third-order valence-corrected chi connectivity index (χ3v) is 7.65. The first-order valence-electron chi connectivity index (χ1n) is 11.5. The first-order valence-corrected chi connectivity index (χ1v) is 11.5. The van der Waals surface area contributed by atoms with Gasteiger partial charge in [0.2, 0.25) is 5.91 Å². The van der Waals surface area contributed by atoms with Gasteiger partial charge in [-0.05, 0) is 66.7 Å². The molecule has 2 atom stereocenters. The van der Waals surface area contributed by atoms with Crippen molar-refractivity contribution < 1.29 is 14.6 Å². The fourth-order valence-corrected chi connectivity index (χ4v) is 6.02. The molecule has 1 amide bonds. The third kappa shape index (κ3) is 3.18. The van der Waals surface area contributed by atoms with Gasteiger partial charge >= 0.3 is 0 Å². The number of benzene rings is 1. The number of aromatic nitrogens is 4. The number of rotatable bonds is 4. The molecule has 1 aliphatic carbocycles. The number of carbonyl (C=O) groups is 1. The molecule has 9 heteroatoms. The molecule has 2 fully saturated rings. The van der Waals surface area contributed by atoms with Crippen molar-refractivity contribution in [2.24, 2.45) is 5.41 Å². The van der Waals surface area contributed by atoms with Gasteiger partial charge in [0.1, 0.15) is 0 Å². The molecule has 9 nitrogen and oxygen atoms in total. The lowest BCUT2D eigenvalue weighted by Crippen LogP contribution is -2.42. The van der Waals surface area contributed by atoms with Gasteiger partial charge < -0.3 is 20.1 Å². The van der Waals surface area contributed by atoms with E-state index in [4.69, 9.17) is 4.74 Å².